The van der Waals surface area contributed by atoms with Crippen molar-refractivity contribution in [3.8, 4) is 0 Å². The molecule has 3 nitrogen and oxygen atoms in total. The highest BCUT2D eigenvalue weighted by atomic mass is 79.9. The molecule has 0 atom stereocenters. The summed E-state index contributed by atoms with van der Waals surface area (Å²) in [5.74, 6) is 3.75. The van der Waals surface area contributed by atoms with Crippen molar-refractivity contribution in [3.05, 3.63) is 22.8 Å². The first-order chi connectivity index (χ1) is 9.33. The quantitative estimate of drug-likeness (QED) is 0.823. The highest BCUT2D eigenvalue weighted by Gasteiger charge is 2.25. The molecule has 3 heterocycles. The Hall–Kier alpha value is -0.260. The van der Waals surface area contributed by atoms with Crippen molar-refractivity contribution >= 4 is 33.5 Å². The molecule has 3 rings (SSSR count). The molecule has 104 valence electrons. The number of anilines is 1. The van der Waals surface area contributed by atoms with E-state index in [1.807, 2.05) is 6.20 Å². The van der Waals surface area contributed by atoms with Gasteiger partial charge in [-0.2, -0.15) is 11.8 Å². The molecule has 2 saturated heterocycles. The summed E-state index contributed by atoms with van der Waals surface area (Å²) in [5.41, 5.74) is 0. The van der Waals surface area contributed by atoms with Crippen LogP contribution in [0.3, 0.4) is 0 Å². The summed E-state index contributed by atoms with van der Waals surface area (Å²) >= 11 is 5.54. The zero-order chi connectivity index (χ0) is 13.1. The average Bonchev–Trinajstić information content (AvgIpc) is 2.49. The first-order valence-corrected chi connectivity index (χ1v) is 8.96. The van der Waals surface area contributed by atoms with Crippen molar-refractivity contribution in [2.75, 3.05) is 42.6 Å². The lowest BCUT2D eigenvalue weighted by Gasteiger charge is -2.40. The molecule has 0 spiro atoms. The normalized spacial score (nSPS) is 22.7. The minimum absolute atomic E-state index is 0.799. The van der Waals surface area contributed by atoms with E-state index in [1.165, 1.54) is 37.4 Å². The fourth-order valence-corrected chi connectivity index (χ4v) is 4.12. The van der Waals surface area contributed by atoms with Crippen LogP contribution in [-0.4, -0.2) is 53.6 Å². The van der Waals surface area contributed by atoms with E-state index in [0.29, 0.717) is 0 Å². The Morgan fingerprint density at radius 2 is 1.84 bits per heavy atom. The molecule has 1 aromatic heterocycles. The van der Waals surface area contributed by atoms with Crippen molar-refractivity contribution in [1.82, 2.24) is 9.88 Å². The second-order valence-electron chi connectivity index (χ2n) is 5.20. The van der Waals surface area contributed by atoms with E-state index in [-0.39, 0.29) is 0 Å². The maximum absolute atomic E-state index is 4.50. The third-order valence-electron chi connectivity index (χ3n) is 4.06. The molecule has 0 aromatic carbocycles. The Morgan fingerprint density at radius 1 is 1.11 bits per heavy atom. The third-order valence-corrected chi connectivity index (χ3v) is 5.47. The third kappa shape index (κ3) is 3.44. The fourth-order valence-electron chi connectivity index (χ4n) is 2.96. The second-order valence-corrected chi connectivity index (χ2v) is 7.34. The van der Waals surface area contributed by atoms with Crippen LogP contribution in [0.2, 0.25) is 0 Å². The molecular formula is C14H20BrN3S. The Morgan fingerprint density at radius 3 is 2.47 bits per heavy atom. The lowest BCUT2D eigenvalue weighted by Crippen LogP contribution is -2.47. The summed E-state index contributed by atoms with van der Waals surface area (Å²) in [7, 11) is 0. The topological polar surface area (TPSA) is 19.4 Å². The number of hydrogen-bond donors (Lipinski definition) is 0. The molecule has 5 heteroatoms. The molecular weight excluding hydrogens is 322 g/mol. The molecule has 2 fully saturated rings. The van der Waals surface area contributed by atoms with Gasteiger partial charge in [0.2, 0.25) is 0 Å². The maximum atomic E-state index is 4.50. The monoisotopic (exact) mass is 341 g/mol. The van der Waals surface area contributed by atoms with Crippen LogP contribution < -0.4 is 4.90 Å². The van der Waals surface area contributed by atoms with E-state index in [4.69, 9.17) is 0 Å². The van der Waals surface area contributed by atoms with Crippen LogP contribution in [0.5, 0.6) is 0 Å². The number of halogens is 1. The zero-order valence-electron chi connectivity index (χ0n) is 11.1. The second kappa shape index (κ2) is 6.46. The molecule has 2 aliphatic rings. The van der Waals surface area contributed by atoms with Gasteiger partial charge in [0.05, 0.1) is 0 Å². The molecule has 0 radical (unpaired) electrons. The molecule has 0 saturated carbocycles. The summed E-state index contributed by atoms with van der Waals surface area (Å²) in [4.78, 5) is 9.62. The van der Waals surface area contributed by atoms with E-state index in [1.54, 1.807) is 0 Å². The standard InChI is InChI=1S/C14H20BrN3S/c15-12-1-2-14(16-11-12)18-5-3-13(4-6-18)17-7-9-19-10-8-17/h1-2,11,13H,3-10H2. The highest BCUT2D eigenvalue weighted by molar-refractivity contribution is 9.10. The van der Waals surface area contributed by atoms with E-state index in [2.05, 4.69) is 54.6 Å². The van der Waals surface area contributed by atoms with Crippen molar-refractivity contribution < 1.29 is 0 Å². The average molecular weight is 342 g/mol. The van der Waals surface area contributed by atoms with Gasteiger partial charge in [0, 0.05) is 54.4 Å². The smallest absolute Gasteiger partial charge is 0.128 e. The summed E-state index contributed by atoms with van der Waals surface area (Å²) in [6.45, 7) is 4.85. The molecule has 0 unspecified atom stereocenters. The fraction of sp³-hybridized carbons (Fsp3) is 0.643. The van der Waals surface area contributed by atoms with Crippen molar-refractivity contribution in [3.63, 3.8) is 0 Å². The molecule has 2 aliphatic heterocycles. The van der Waals surface area contributed by atoms with Gasteiger partial charge in [-0.05, 0) is 40.9 Å². The molecule has 1 aromatic rings. The molecule has 0 amide bonds. The summed E-state index contributed by atoms with van der Waals surface area (Å²) < 4.78 is 1.05. The van der Waals surface area contributed by atoms with Gasteiger partial charge in [0.15, 0.2) is 0 Å². The number of hydrogen-bond acceptors (Lipinski definition) is 4. The Balaban J connectivity index is 1.55. The molecule has 0 aliphatic carbocycles. The lowest BCUT2D eigenvalue weighted by molar-refractivity contribution is 0.185. The molecule has 19 heavy (non-hydrogen) atoms. The maximum Gasteiger partial charge on any atom is 0.128 e. The minimum Gasteiger partial charge on any atom is -0.357 e. The largest absolute Gasteiger partial charge is 0.357 e. The van der Waals surface area contributed by atoms with Gasteiger partial charge in [0.1, 0.15) is 5.82 Å². The summed E-state index contributed by atoms with van der Waals surface area (Å²) in [5, 5.41) is 0. The zero-order valence-corrected chi connectivity index (χ0v) is 13.5. The van der Waals surface area contributed by atoms with E-state index >= 15 is 0 Å². The summed E-state index contributed by atoms with van der Waals surface area (Å²) in [6, 6.07) is 4.99. The number of rotatable bonds is 2. The van der Waals surface area contributed by atoms with Crippen LogP contribution in [-0.2, 0) is 0 Å². The number of aromatic nitrogens is 1. The van der Waals surface area contributed by atoms with Crippen molar-refractivity contribution in [2.45, 2.75) is 18.9 Å². The van der Waals surface area contributed by atoms with Crippen LogP contribution in [0.25, 0.3) is 0 Å². The van der Waals surface area contributed by atoms with Gasteiger partial charge >= 0.3 is 0 Å². The Bertz CT molecular complexity index is 398. The van der Waals surface area contributed by atoms with Gasteiger partial charge in [-0.15, -0.1) is 0 Å². The predicted molar refractivity (Wildman–Crippen MR) is 86.1 cm³/mol. The highest BCUT2D eigenvalue weighted by Crippen LogP contribution is 2.23. The van der Waals surface area contributed by atoms with Crippen LogP contribution in [0.1, 0.15) is 12.8 Å². The predicted octanol–water partition coefficient (Wildman–Crippen LogP) is 2.86. The van der Waals surface area contributed by atoms with Gasteiger partial charge < -0.3 is 4.90 Å². The molecule has 0 N–H and O–H groups in total. The van der Waals surface area contributed by atoms with Crippen molar-refractivity contribution in [2.24, 2.45) is 0 Å². The van der Waals surface area contributed by atoms with E-state index in [9.17, 15) is 0 Å². The Labute approximate surface area is 127 Å². The lowest BCUT2D eigenvalue weighted by atomic mass is 10.0. The van der Waals surface area contributed by atoms with Crippen LogP contribution in [0, 0.1) is 0 Å². The SMILES string of the molecule is Brc1ccc(N2CCC(N3CCSCC3)CC2)nc1. The number of thioether (sulfide) groups is 1. The number of piperidine rings is 1. The molecule has 0 bridgehead atoms. The van der Waals surface area contributed by atoms with E-state index in [0.717, 1.165) is 29.4 Å². The van der Waals surface area contributed by atoms with Crippen molar-refractivity contribution in [1.29, 1.82) is 0 Å². The first kappa shape index (κ1) is 13.7. The van der Waals surface area contributed by atoms with Gasteiger partial charge in [-0.25, -0.2) is 4.98 Å². The van der Waals surface area contributed by atoms with E-state index < -0.39 is 0 Å². The first-order valence-electron chi connectivity index (χ1n) is 7.01. The Kier molecular flexibility index (Phi) is 4.66. The number of nitrogens with zero attached hydrogens (tertiary/aromatic N) is 3. The van der Waals surface area contributed by atoms with Crippen LogP contribution >= 0.6 is 27.7 Å². The number of pyridine rings is 1. The van der Waals surface area contributed by atoms with Crippen LogP contribution in [0.4, 0.5) is 5.82 Å². The van der Waals surface area contributed by atoms with Gasteiger partial charge in [-0.3, -0.25) is 4.90 Å². The van der Waals surface area contributed by atoms with Crippen LogP contribution in [0.15, 0.2) is 22.8 Å². The van der Waals surface area contributed by atoms with Gasteiger partial charge in [-0.1, -0.05) is 0 Å². The summed E-state index contributed by atoms with van der Waals surface area (Å²) in [6.07, 6.45) is 4.45. The minimum atomic E-state index is 0.799. The van der Waals surface area contributed by atoms with Gasteiger partial charge in [0.25, 0.3) is 0 Å².